The number of nitrogens with one attached hydrogen (secondary N) is 1. The number of benzene rings is 3. The third-order valence-electron chi connectivity index (χ3n) is 5.10. The largest absolute Gasteiger partial charge is 0.352 e. The summed E-state index contributed by atoms with van der Waals surface area (Å²) in [5, 5.41) is 12.6. The molecule has 168 valence electrons. The SMILES string of the molecule is O=C(CCCSc1nnc(Cc2ccccc2)n1-c1ccccc1)NCc1ccc(F)cc1. The Morgan fingerprint density at radius 2 is 1.58 bits per heavy atom. The number of nitrogens with zero attached hydrogens (tertiary/aromatic N) is 3. The fourth-order valence-electron chi connectivity index (χ4n) is 3.41. The number of carbonyl (C=O) groups is 1. The molecule has 0 radical (unpaired) electrons. The van der Waals surface area contributed by atoms with Crippen LogP contribution in [0.3, 0.4) is 0 Å². The minimum atomic E-state index is -0.280. The van der Waals surface area contributed by atoms with Crippen molar-refractivity contribution in [1.82, 2.24) is 20.1 Å². The molecule has 0 atom stereocenters. The lowest BCUT2D eigenvalue weighted by Crippen LogP contribution is -2.22. The first kappa shape index (κ1) is 22.7. The van der Waals surface area contributed by atoms with Crippen LogP contribution in [0, 0.1) is 5.82 Å². The second-order valence-electron chi connectivity index (χ2n) is 7.59. The van der Waals surface area contributed by atoms with E-state index in [2.05, 4.69) is 32.2 Å². The highest BCUT2D eigenvalue weighted by molar-refractivity contribution is 7.99. The van der Waals surface area contributed by atoms with Crippen molar-refractivity contribution in [3.8, 4) is 5.69 Å². The molecule has 0 unspecified atom stereocenters. The summed E-state index contributed by atoms with van der Waals surface area (Å²) in [7, 11) is 0. The second-order valence-corrected chi connectivity index (χ2v) is 8.65. The Kier molecular flexibility index (Phi) is 7.87. The Labute approximate surface area is 197 Å². The molecule has 33 heavy (non-hydrogen) atoms. The molecular formula is C26H25FN4OS. The molecule has 7 heteroatoms. The van der Waals surface area contributed by atoms with Crippen molar-refractivity contribution >= 4 is 17.7 Å². The lowest BCUT2D eigenvalue weighted by molar-refractivity contribution is -0.121. The van der Waals surface area contributed by atoms with Crippen molar-refractivity contribution in [2.24, 2.45) is 0 Å². The maximum absolute atomic E-state index is 13.0. The lowest BCUT2D eigenvalue weighted by Gasteiger charge is -2.10. The molecule has 1 N–H and O–H groups in total. The highest BCUT2D eigenvalue weighted by atomic mass is 32.2. The molecule has 4 rings (SSSR count). The second kappa shape index (κ2) is 11.4. The summed E-state index contributed by atoms with van der Waals surface area (Å²) >= 11 is 1.60. The lowest BCUT2D eigenvalue weighted by atomic mass is 10.1. The third kappa shape index (κ3) is 6.52. The Hall–Kier alpha value is -3.45. The molecule has 5 nitrogen and oxygen atoms in total. The van der Waals surface area contributed by atoms with E-state index in [4.69, 9.17) is 0 Å². The molecule has 0 aliphatic carbocycles. The average Bonchev–Trinajstić information content (AvgIpc) is 3.25. The molecular weight excluding hydrogens is 435 g/mol. The molecule has 1 heterocycles. The number of hydrogen-bond donors (Lipinski definition) is 1. The molecule has 0 saturated heterocycles. The van der Waals surface area contributed by atoms with Crippen molar-refractivity contribution in [2.75, 3.05) is 5.75 Å². The van der Waals surface area contributed by atoms with Crippen LogP contribution in [0.1, 0.15) is 29.8 Å². The van der Waals surface area contributed by atoms with Crippen LogP contribution in [0.25, 0.3) is 5.69 Å². The number of carbonyl (C=O) groups excluding carboxylic acids is 1. The average molecular weight is 461 g/mol. The van der Waals surface area contributed by atoms with Gasteiger partial charge in [0.15, 0.2) is 5.16 Å². The zero-order chi connectivity index (χ0) is 22.9. The van der Waals surface area contributed by atoms with Gasteiger partial charge in [0.05, 0.1) is 0 Å². The van der Waals surface area contributed by atoms with E-state index in [0.29, 0.717) is 19.4 Å². The quantitative estimate of drug-likeness (QED) is 0.262. The van der Waals surface area contributed by atoms with Crippen molar-refractivity contribution < 1.29 is 9.18 Å². The van der Waals surface area contributed by atoms with E-state index in [9.17, 15) is 9.18 Å². The fourth-order valence-corrected chi connectivity index (χ4v) is 4.32. The van der Waals surface area contributed by atoms with Crippen LogP contribution in [-0.2, 0) is 17.8 Å². The number of para-hydroxylation sites is 1. The Morgan fingerprint density at radius 3 is 2.30 bits per heavy atom. The molecule has 0 spiro atoms. The van der Waals surface area contributed by atoms with Gasteiger partial charge in [-0.25, -0.2) is 4.39 Å². The molecule has 0 aliphatic heterocycles. The van der Waals surface area contributed by atoms with Crippen LogP contribution in [0.15, 0.2) is 90.1 Å². The van der Waals surface area contributed by atoms with E-state index >= 15 is 0 Å². The van der Waals surface area contributed by atoms with Gasteiger partial charge in [0.2, 0.25) is 5.91 Å². The third-order valence-corrected chi connectivity index (χ3v) is 6.12. The van der Waals surface area contributed by atoms with Crippen LogP contribution in [0.4, 0.5) is 4.39 Å². The highest BCUT2D eigenvalue weighted by Crippen LogP contribution is 2.24. The maximum atomic E-state index is 13.0. The predicted molar refractivity (Wildman–Crippen MR) is 129 cm³/mol. The highest BCUT2D eigenvalue weighted by Gasteiger charge is 2.15. The molecule has 1 aromatic heterocycles. The molecule has 0 bridgehead atoms. The first-order valence-corrected chi connectivity index (χ1v) is 11.9. The monoisotopic (exact) mass is 460 g/mol. The van der Waals surface area contributed by atoms with Crippen LogP contribution in [0.5, 0.6) is 0 Å². The molecule has 0 aliphatic rings. The van der Waals surface area contributed by atoms with Crippen molar-refractivity contribution in [2.45, 2.75) is 31.0 Å². The Bertz CT molecular complexity index is 1160. The minimum Gasteiger partial charge on any atom is -0.352 e. The standard InChI is InChI=1S/C26H25FN4OS/c27-22-15-13-21(14-16-22)19-28-25(32)12-7-17-33-26-30-29-24(18-20-8-3-1-4-9-20)31(26)23-10-5-2-6-11-23/h1-6,8-11,13-16H,7,12,17-19H2,(H,28,32). The van der Waals surface area contributed by atoms with Gasteiger partial charge in [-0.3, -0.25) is 9.36 Å². The summed E-state index contributed by atoms with van der Waals surface area (Å²) in [6.45, 7) is 0.400. The van der Waals surface area contributed by atoms with E-state index in [1.807, 2.05) is 48.5 Å². The van der Waals surface area contributed by atoms with Gasteiger partial charge in [-0.1, -0.05) is 72.4 Å². The smallest absolute Gasteiger partial charge is 0.220 e. The first-order valence-electron chi connectivity index (χ1n) is 10.9. The molecule has 1 amide bonds. The van der Waals surface area contributed by atoms with E-state index < -0.39 is 0 Å². The van der Waals surface area contributed by atoms with Gasteiger partial charge in [0.25, 0.3) is 0 Å². The van der Waals surface area contributed by atoms with E-state index in [1.165, 1.54) is 17.7 Å². The zero-order valence-electron chi connectivity index (χ0n) is 18.2. The van der Waals surface area contributed by atoms with Gasteiger partial charge < -0.3 is 5.32 Å². The summed E-state index contributed by atoms with van der Waals surface area (Å²) in [5.74, 6) is 1.33. The fraction of sp³-hybridized carbons (Fsp3) is 0.192. The Balaban J connectivity index is 1.33. The van der Waals surface area contributed by atoms with E-state index in [0.717, 1.165) is 34.4 Å². The van der Waals surface area contributed by atoms with Crippen LogP contribution in [0.2, 0.25) is 0 Å². The van der Waals surface area contributed by atoms with Gasteiger partial charge >= 0.3 is 0 Å². The number of rotatable bonds is 10. The number of halogens is 1. The number of thioether (sulfide) groups is 1. The van der Waals surface area contributed by atoms with Gasteiger partial charge in [-0.05, 0) is 41.8 Å². The summed E-state index contributed by atoms with van der Waals surface area (Å²) in [5.41, 5.74) is 3.07. The molecule has 4 aromatic rings. The molecule has 0 fully saturated rings. The first-order chi connectivity index (χ1) is 16.2. The maximum Gasteiger partial charge on any atom is 0.220 e. The van der Waals surface area contributed by atoms with Crippen LogP contribution in [-0.4, -0.2) is 26.4 Å². The number of hydrogen-bond acceptors (Lipinski definition) is 4. The minimum absolute atomic E-state index is 0.0192. The zero-order valence-corrected chi connectivity index (χ0v) is 19.0. The van der Waals surface area contributed by atoms with Crippen LogP contribution < -0.4 is 5.32 Å². The topological polar surface area (TPSA) is 59.8 Å². The molecule has 0 saturated carbocycles. The summed E-state index contributed by atoms with van der Waals surface area (Å²) in [4.78, 5) is 12.2. The van der Waals surface area contributed by atoms with Crippen molar-refractivity contribution in [1.29, 1.82) is 0 Å². The molecule has 3 aromatic carbocycles. The van der Waals surface area contributed by atoms with Gasteiger partial charge in [0.1, 0.15) is 11.6 Å². The van der Waals surface area contributed by atoms with Gasteiger partial charge in [-0.2, -0.15) is 0 Å². The van der Waals surface area contributed by atoms with E-state index in [1.54, 1.807) is 23.9 Å². The van der Waals surface area contributed by atoms with Crippen LogP contribution >= 0.6 is 11.8 Å². The summed E-state index contributed by atoms with van der Waals surface area (Å²) < 4.78 is 15.1. The normalized spacial score (nSPS) is 10.8. The van der Waals surface area contributed by atoms with E-state index in [-0.39, 0.29) is 11.7 Å². The van der Waals surface area contributed by atoms with Gasteiger partial charge in [0, 0.05) is 30.8 Å². The number of amides is 1. The Morgan fingerprint density at radius 1 is 0.879 bits per heavy atom. The summed E-state index contributed by atoms with van der Waals surface area (Å²) in [6, 6.07) is 26.4. The predicted octanol–water partition coefficient (Wildman–Crippen LogP) is 5.19. The van der Waals surface area contributed by atoms with Gasteiger partial charge in [-0.15, -0.1) is 10.2 Å². The van der Waals surface area contributed by atoms with Crippen molar-refractivity contribution in [3.05, 3.63) is 108 Å². The van der Waals surface area contributed by atoms with Crippen molar-refractivity contribution in [3.63, 3.8) is 0 Å². The summed E-state index contributed by atoms with van der Waals surface area (Å²) in [6.07, 6.45) is 1.83. The number of aromatic nitrogens is 3.